The summed E-state index contributed by atoms with van der Waals surface area (Å²) in [5.74, 6) is -0.389. The highest BCUT2D eigenvalue weighted by Gasteiger charge is 2.24. The molecule has 7 N–H and O–H groups in total. The smallest absolute Gasteiger partial charge is 0.220 e. The number of para-hydroxylation sites is 1. The molecule has 9 heteroatoms. The molecule has 0 aliphatic heterocycles. The second-order valence-electron chi connectivity index (χ2n) is 5.81. The molecule has 0 aliphatic rings. The summed E-state index contributed by atoms with van der Waals surface area (Å²) in [4.78, 5) is 33.2. The molecule has 1 heterocycles. The van der Waals surface area contributed by atoms with Gasteiger partial charge in [-0.2, -0.15) is 0 Å². The summed E-state index contributed by atoms with van der Waals surface area (Å²) < 4.78 is 0.935. The first-order chi connectivity index (χ1) is 12.5. The van der Waals surface area contributed by atoms with Gasteiger partial charge in [0, 0.05) is 13.0 Å². The predicted octanol–water partition coefficient (Wildman–Crippen LogP) is 0.756. The normalized spacial score (nSPS) is 11.9. The maximum Gasteiger partial charge on any atom is 0.220 e. The molecule has 1 aromatic heterocycles. The summed E-state index contributed by atoms with van der Waals surface area (Å²) in [5.41, 5.74) is 16.8. The summed E-state index contributed by atoms with van der Waals surface area (Å²) in [6, 6.07) is 6.89. The number of hydrogen-bond acceptors (Lipinski definition) is 6. The van der Waals surface area contributed by atoms with Crippen molar-refractivity contribution in [2.45, 2.75) is 31.7 Å². The van der Waals surface area contributed by atoms with Crippen LogP contribution in [-0.4, -0.2) is 41.8 Å². The van der Waals surface area contributed by atoms with Gasteiger partial charge in [-0.3, -0.25) is 14.6 Å². The van der Waals surface area contributed by atoms with Crippen LogP contribution in [0, 0.1) is 0 Å². The SMILES string of the molecule is NCCCC(=O)NC(CCCN=C(N)N)C(=O)c1nc2ccccc2s1. The number of nitrogens with zero attached hydrogens (tertiary/aromatic N) is 2. The minimum Gasteiger partial charge on any atom is -0.370 e. The lowest BCUT2D eigenvalue weighted by Crippen LogP contribution is -2.41. The van der Waals surface area contributed by atoms with E-state index < -0.39 is 6.04 Å². The monoisotopic (exact) mass is 376 g/mol. The molecule has 26 heavy (non-hydrogen) atoms. The lowest BCUT2D eigenvalue weighted by atomic mass is 10.1. The number of nitrogens with two attached hydrogens (primary N) is 3. The summed E-state index contributed by atoms with van der Waals surface area (Å²) in [6.07, 6.45) is 1.85. The Bertz CT molecular complexity index is 751. The van der Waals surface area contributed by atoms with Crippen molar-refractivity contribution in [2.75, 3.05) is 13.1 Å². The van der Waals surface area contributed by atoms with Gasteiger partial charge >= 0.3 is 0 Å². The van der Waals surface area contributed by atoms with Crippen LogP contribution >= 0.6 is 11.3 Å². The van der Waals surface area contributed by atoms with E-state index in [-0.39, 0.29) is 24.1 Å². The summed E-state index contributed by atoms with van der Waals surface area (Å²) >= 11 is 1.32. The third-order valence-corrected chi connectivity index (χ3v) is 4.76. The van der Waals surface area contributed by atoms with Crippen LogP contribution in [0.15, 0.2) is 29.3 Å². The van der Waals surface area contributed by atoms with Crippen LogP contribution in [0.5, 0.6) is 0 Å². The Morgan fingerprint density at radius 2 is 2.00 bits per heavy atom. The molecule has 0 aliphatic carbocycles. The molecule has 0 fully saturated rings. The van der Waals surface area contributed by atoms with Gasteiger partial charge in [-0.25, -0.2) is 4.98 Å². The number of carbonyl (C=O) groups is 2. The maximum atomic E-state index is 12.9. The molecule has 0 saturated carbocycles. The Morgan fingerprint density at radius 3 is 2.69 bits per heavy atom. The molecule has 2 rings (SSSR count). The molecule has 1 atom stereocenters. The van der Waals surface area contributed by atoms with Crippen LogP contribution < -0.4 is 22.5 Å². The van der Waals surface area contributed by atoms with E-state index in [4.69, 9.17) is 17.2 Å². The number of rotatable bonds is 10. The van der Waals surface area contributed by atoms with E-state index in [1.807, 2.05) is 24.3 Å². The van der Waals surface area contributed by atoms with Crippen LogP contribution in [0.1, 0.15) is 35.5 Å². The first-order valence-electron chi connectivity index (χ1n) is 8.46. The van der Waals surface area contributed by atoms with Crippen molar-refractivity contribution in [1.82, 2.24) is 10.3 Å². The van der Waals surface area contributed by atoms with Crippen molar-refractivity contribution >= 4 is 39.2 Å². The summed E-state index contributed by atoms with van der Waals surface area (Å²) in [6.45, 7) is 0.818. The molecular formula is C17H24N6O2S. The number of thiazole rings is 1. The zero-order valence-electron chi connectivity index (χ0n) is 14.5. The van der Waals surface area contributed by atoms with Crippen molar-refractivity contribution < 1.29 is 9.59 Å². The average Bonchev–Trinajstić information content (AvgIpc) is 3.05. The Morgan fingerprint density at radius 1 is 1.23 bits per heavy atom. The van der Waals surface area contributed by atoms with Crippen molar-refractivity contribution in [3.8, 4) is 0 Å². The molecule has 0 saturated heterocycles. The molecule has 1 amide bonds. The summed E-state index contributed by atoms with van der Waals surface area (Å²) in [7, 11) is 0. The highest BCUT2D eigenvalue weighted by atomic mass is 32.1. The van der Waals surface area contributed by atoms with Gasteiger partial charge < -0.3 is 22.5 Å². The number of aliphatic imine (C=N–C) groups is 1. The number of ketones is 1. The number of Topliss-reactive ketones (excluding diaryl/α,β-unsaturated/α-hetero) is 1. The van der Waals surface area contributed by atoms with Crippen LogP contribution in [0.2, 0.25) is 0 Å². The number of fused-ring (bicyclic) bond motifs is 1. The van der Waals surface area contributed by atoms with E-state index in [2.05, 4.69) is 15.3 Å². The zero-order valence-corrected chi connectivity index (χ0v) is 15.3. The minimum atomic E-state index is -0.657. The molecule has 1 aromatic carbocycles. The molecule has 140 valence electrons. The second-order valence-corrected chi connectivity index (χ2v) is 6.84. The van der Waals surface area contributed by atoms with Crippen molar-refractivity contribution in [1.29, 1.82) is 0 Å². The van der Waals surface area contributed by atoms with E-state index in [9.17, 15) is 9.59 Å². The van der Waals surface area contributed by atoms with Gasteiger partial charge in [0.05, 0.1) is 16.3 Å². The number of amides is 1. The number of hydrogen-bond donors (Lipinski definition) is 4. The van der Waals surface area contributed by atoms with E-state index in [1.165, 1.54) is 11.3 Å². The molecule has 0 spiro atoms. The van der Waals surface area contributed by atoms with Gasteiger partial charge in [0.15, 0.2) is 11.0 Å². The van der Waals surface area contributed by atoms with Crippen LogP contribution in [0.4, 0.5) is 0 Å². The van der Waals surface area contributed by atoms with Gasteiger partial charge in [0.1, 0.15) is 0 Å². The number of benzene rings is 1. The number of carbonyl (C=O) groups excluding carboxylic acids is 2. The van der Waals surface area contributed by atoms with Gasteiger partial charge in [-0.05, 0) is 37.9 Å². The Kier molecular flexibility index (Phi) is 7.49. The lowest BCUT2D eigenvalue weighted by Gasteiger charge is -2.16. The third kappa shape index (κ3) is 5.78. The van der Waals surface area contributed by atoms with Crippen molar-refractivity contribution in [3.05, 3.63) is 29.3 Å². The molecule has 8 nitrogen and oxygen atoms in total. The largest absolute Gasteiger partial charge is 0.370 e. The maximum absolute atomic E-state index is 12.9. The highest BCUT2D eigenvalue weighted by Crippen LogP contribution is 2.23. The third-order valence-electron chi connectivity index (χ3n) is 3.71. The molecular weight excluding hydrogens is 352 g/mol. The second kappa shape index (κ2) is 9.83. The standard InChI is InChI=1S/C17H24N6O2S/c18-9-3-8-14(24)22-12(6-4-10-21-17(19)20)15(25)16-23-11-5-1-2-7-13(11)26-16/h1-2,5,7,12H,3-4,6,8-10,18H2,(H,22,24)(H4,19,20,21). The van der Waals surface area contributed by atoms with Crippen LogP contribution in [-0.2, 0) is 4.79 Å². The number of aromatic nitrogens is 1. The van der Waals surface area contributed by atoms with Crippen LogP contribution in [0.3, 0.4) is 0 Å². The number of nitrogens with one attached hydrogen (secondary N) is 1. The summed E-state index contributed by atoms with van der Waals surface area (Å²) in [5, 5.41) is 3.18. The fraction of sp³-hybridized carbons (Fsp3) is 0.412. The average molecular weight is 376 g/mol. The van der Waals surface area contributed by atoms with Gasteiger partial charge in [-0.1, -0.05) is 12.1 Å². The molecule has 2 aromatic rings. The van der Waals surface area contributed by atoms with E-state index >= 15 is 0 Å². The fourth-order valence-electron chi connectivity index (χ4n) is 2.43. The Balaban J connectivity index is 2.10. The topological polar surface area (TPSA) is 149 Å². The molecule has 0 radical (unpaired) electrons. The Labute approximate surface area is 155 Å². The van der Waals surface area contributed by atoms with E-state index in [0.717, 1.165) is 10.2 Å². The first kappa shape index (κ1) is 19.8. The quantitative estimate of drug-likeness (QED) is 0.208. The highest BCUT2D eigenvalue weighted by molar-refractivity contribution is 7.20. The van der Waals surface area contributed by atoms with E-state index in [1.54, 1.807) is 0 Å². The van der Waals surface area contributed by atoms with Gasteiger partial charge in [0.25, 0.3) is 0 Å². The van der Waals surface area contributed by atoms with Crippen LogP contribution in [0.25, 0.3) is 10.2 Å². The molecule has 0 bridgehead atoms. The first-order valence-corrected chi connectivity index (χ1v) is 9.27. The van der Waals surface area contributed by atoms with E-state index in [0.29, 0.717) is 37.4 Å². The van der Waals surface area contributed by atoms with Gasteiger partial charge in [0.2, 0.25) is 11.7 Å². The van der Waals surface area contributed by atoms with Gasteiger partial charge in [-0.15, -0.1) is 11.3 Å². The fourth-order valence-corrected chi connectivity index (χ4v) is 3.39. The Hall–Kier alpha value is -2.52. The minimum absolute atomic E-state index is 0.00558. The number of guanidine groups is 1. The molecule has 1 unspecified atom stereocenters. The van der Waals surface area contributed by atoms with Crippen molar-refractivity contribution in [3.63, 3.8) is 0 Å². The predicted molar refractivity (Wildman–Crippen MR) is 104 cm³/mol. The lowest BCUT2D eigenvalue weighted by molar-refractivity contribution is -0.121. The zero-order chi connectivity index (χ0) is 18.9. The van der Waals surface area contributed by atoms with Crippen molar-refractivity contribution in [2.24, 2.45) is 22.2 Å².